The second-order valence-corrected chi connectivity index (χ2v) is 8.10. The van der Waals surface area contributed by atoms with Crippen LogP contribution >= 0.6 is 11.8 Å². The molecule has 3 heterocycles. The third-order valence-electron chi connectivity index (χ3n) is 4.85. The molecule has 0 radical (unpaired) electrons. The van der Waals surface area contributed by atoms with Gasteiger partial charge in [0.2, 0.25) is 5.82 Å². The van der Waals surface area contributed by atoms with Crippen LogP contribution in [0.2, 0.25) is 0 Å². The lowest BCUT2D eigenvalue weighted by Gasteiger charge is -2.10. The zero-order valence-corrected chi connectivity index (χ0v) is 17.1. The second kappa shape index (κ2) is 9.84. The van der Waals surface area contributed by atoms with E-state index in [2.05, 4.69) is 25.6 Å². The molecule has 0 amide bonds. The van der Waals surface area contributed by atoms with Gasteiger partial charge in [0.25, 0.3) is 0 Å². The summed E-state index contributed by atoms with van der Waals surface area (Å²) in [5.74, 6) is 1.57. The minimum absolute atomic E-state index is 0.126. The standard InChI is InChI=1S/C19H25N7O2S/c27-18-21-22-19(25(18)14-16-10-7-12-28-16)29-13-6-2-5-11-26-23-17(20-24-26)15-8-3-1-4-9-15/h1,3-4,8-9,16H,2,5-7,10-14H2,(H,21,27). The van der Waals surface area contributed by atoms with Crippen LogP contribution < -0.4 is 5.69 Å². The van der Waals surface area contributed by atoms with E-state index in [0.717, 1.165) is 61.7 Å². The highest BCUT2D eigenvalue weighted by molar-refractivity contribution is 7.99. The Kier molecular flexibility index (Phi) is 6.73. The second-order valence-electron chi connectivity index (χ2n) is 7.04. The molecule has 0 bridgehead atoms. The largest absolute Gasteiger partial charge is 0.376 e. The van der Waals surface area contributed by atoms with Crippen molar-refractivity contribution in [3.8, 4) is 11.4 Å². The van der Waals surface area contributed by atoms with Gasteiger partial charge in [0.1, 0.15) is 0 Å². The fourth-order valence-corrected chi connectivity index (χ4v) is 4.26. The summed E-state index contributed by atoms with van der Waals surface area (Å²) >= 11 is 1.61. The number of unbranched alkanes of at least 4 members (excludes halogenated alkanes) is 2. The fraction of sp³-hybridized carbons (Fsp3) is 0.526. The molecule has 1 aliphatic heterocycles. The van der Waals surface area contributed by atoms with E-state index in [1.807, 2.05) is 30.3 Å². The average molecular weight is 416 g/mol. The smallest absolute Gasteiger partial charge is 0.344 e. The molecule has 4 rings (SSSR count). The molecule has 1 N–H and O–H groups in total. The Morgan fingerprint density at radius 1 is 1.21 bits per heavy atom. The first-order chi connectivity index (χ1) is 14.3. The molecule has 0 saturated carbocycles. The highest BCUT2D eigenvalue weighted by Gasteiger charge is 2.19. The van der Waals surface area contributed by atoms with Crippen molar-refractivity contribution < 1.29 is 4.74 Å². The van der Waals surface area contributed by atoms with Gasteiger partial charge in [-0.05, 0) is 30.9 Å². The lowest BCUT2D eigenvalue weighted by Crippen LogP contribution is -2.25. The van der Waals surface area contributed by atoms with Crippen LogP contribution in [-0.4, -0.2) is 53.4 Å². The number of aromatic amines is 1. The Morgan fingerprint density at radius 3 is 2.93 bits per heavy atom. The van der Waals surface area contributed by atoms with E-state index >= 15 is 0 Å². The molecule has 0 aliphatic carbocycles. The van der Waals surface area contributed by atoms with E-state index in [1.54, 1.807) is 21.1 Å². The van der Waals surface area contributed by atoms with Gasteiger partial charge in [-0.3, -0.25) is 4.57 Å². The Labute approximate surface area is 172 Å². The fourth-order valence-electron chi connectivity index (χ4n) is 3.30. The van der Waals surface area contributed by atoms with Gasteiger partial charge in [-0.2, -0.15) is 4.80 Å². The SMILES string of the molecule is O=c1[nH]nc(SCCCCCn2nnc(-c3ccccc3)n2)n1CC1CCCO1. The molecule has 0 spiro atoms. The first-order valence-electron chi connectivity index (χ1n) is 10.0. The van der Waals surface area contributed by atoms with Crippen LogP contribution in [0.3, 0.4) is 0 Å². The van der Waals surface area contributed by atoms with E-state index in [4.69, 9.17) is 4.74 Å². The number of hydrogen-bond donors (Lipinski definition) is 1. The predicted molar refractivity (Wildman–Crippen MR) is 110 cm³/mol. The van der Waals surface area contributed by atoms with Gasteiger partial charge in [-0.25, -0.2) is 9.89 Å². The monoisotopic (exact) mass is 415 g/mol. The van der Waals surface area contributed by atoms with E-state index in [-0.39, 0.29) is 11.8 Å². The van der Waals surface area contributed by atoms with Crippen molar-refractivity contribution in [1.82, 2.24) is 35.0 Å². The maximum Gasteiger partial charge on any atom is 0.344 e. The number of tetrazole rings is 1. The van der Waals surface area contributed by atoms with Crippen molar-refractivity contribution in [1.29, 1.82) is 0 Å². The Morgan fingerprint density at radius 2 is 2.10 bits per heavy atom. The first kappa shape index (κ1) is 19.8. The quantitative estimate of drug-likeness (QED) is 0.400. The van der Waals surface area contributed by atoms with Gasteiger partial charge in [-0.1, -0.05) is 48.5 Å². The molecular formula is C19H25N7O2S. The molecule has 1 atom stereocenters. The summed E-state index contributed by atoms with van der Waals surface area (Å²) in [4.78, 5) is 13.6. The molecule has 1 fully saturated rings. The number of aryl methyl sites for hydroxylation is 1. The molecule has 1 saturated heterocycles. The lowest BCUT2D eigenvalue weighted by atomic mass is 10.2. The zero-order chi connectivity index (χ0) is 19.9. The van der Waals surface area contributed by atoms with Gasteiger partial charge in [0, 0.05) is 17.9 Å². The normalized spacial score (nSPS) is 16.5. The Bertz CT molecular complexity index is 947. The summed E-state index contributed by atoms with van der Waals surface area (Å²) in [5.41, 5.74) is 0.817. The molecule has 10 heteroatoms. The molecule has 1 aromatic carbocycles. The van der Waals surface area contributed by atoms with Gasteiger partial charge in [0.05, 0.1) is 19.2 Å². The Balaban J connectivity index is 1.17. The number of benzene rings is 1. The van der Waals surface area contributed by atoms with E-state index in [0.29, 0.717) is 12.4 Å². The van der Waals surface area contributed by atoms with Crippen LogP contribution in [0.4, 0.5) is 0 Å². The topological polar surface area (TPSA) is 104 Å². The number of nitrogens with one attached hydrogen (secondary N) is 1. The molecule has 9 nitrogen and oxygen atoms in total. The minimum Gasteiger partial charge on any atom is -0.376 e. The summed E-state index contributed by atoms with van der Waals surface area (Å²) in [6, 6.07) is 9.86. The van der Waals surface area contributed by atoms with Crippen LogP contribution in [-0.2, 0) is 17.8 Å². The van der Waals surface area contributed by atoms with Crippen LogP contribution in [0.15, 0.2) is 40.3 Å². The van der Waals surface area contributed by atoms with Crippen molar-refractivity contribution in [3.63, 3.8) is 0 Å². The number of aromatic nitrogens is 7. The van der Waals surface area contributed by atoms with Crippen molar-refractivity contribution in [2.45, 2.75) is 56.5 Å². The Hall–Kier alpha value is -2.46. The first-order valence-corrected chi connectivity index (χ1v) is 11.0. The van der Waals surface area contributed by atoms with Gasteiger partial charge < -0.3 is 4.74 Å². The van der Waals surface area contributed by atoms with Gasteiger partial charge >= 0.3 is 5.69 Å². The maximum atomic E-state index is 12.0. The molecule has 3 aromatic rings. The van der Waals surface area contributed by atoms with E-state index in [1.165, 1.54) is 0 Å². The number of H-pyrrole nitrogens is 1. The third-order valence-corrected chi connectivity index (χ3v) is 5.91. The van der Waals surface area contributed by atoms with Gasteiger partial charge in [-0.15, -0.1) is 15.3 Å². The molecule has 1 aliphatic rings. The maximum absolute atomic E-state index is 12.0. The van der Waals surface area contributed by atoms with Crippen LogP contribution in [0.5, 0.6) is 0 Å². The lowest BCUT2D eigenvalue weighted by molar-refractivity contribution is 0.0941. The third kappa shape index (κ3) is 5.33. The number of rotatable bonds is 10. The zero-order valence-electron chi connectivity index (χ0n) is 16.2. The summed E-state index contributed by atoms with van der Waals surface area (Å²) in [5, 5.41) is 20.1. The average Bonchev–Trinajstić information content (AvgIpc) is 3.49. The summed E-state index contributed by atoms with van der Waals surface area (Å²) in [6.45, 7) is 2.11. The number of thioether (sulfide) groups is 1. The number of ether oxygens (including phenoxy) is 1. The number of nitrogens with zero attached hydrogens (tertiary/aromatic N) is 6. The highest BCUT2D eigenvalue weighted by atomic mass is 32.2. The predicted octanol–water partition coefficient (Wildman–Crippen LogP) is 2.37. The summed E-state index contributed by atoms with van der Waals surface area (Å²) in [6.07, 6.45) is 5.26. The van der Waals surface area contributed by atoms with Gasteiger partial charge in [0.15, 0.2) is 5.16 Å². The van der Waals surface area contributed by atoms with Crippen molar-refractivity contribution in [2.24, 2.45) is 0 Å². The molecule has 154 valence electrons. The number of hydrogen-bond acceptors (Lipinski definition) is 7. The van der Waals surface area contributed by atoms with E-state index in [9.17, 15) is 4.79 Å². The molecule has 29 heavy (non-hydrogen) atoms. The van der Waals surface area contributed by atoms with Crippen LogP contribution in [0.1, 0.15) is 32.1 Å². The molecule has 2 aromatic heterocycles. The summed E-state index contributed by atoms with van der Waals surface area (Å²) in [7, 11) is 0. The molecular weight excluding hydrogens is 390 g/mol. The van der Waals surface area contributed by atoms with E-state index < -0.39 is 0 Å². The molecule has 1 unspecified atom stereocenters. The van der Waals surface area contributed by atoms with Crippen molar-refractivity contribution >= 4 is 11.8 Å². The minimum atomic E-state index is -0.158. The van der Waals surface area contributed by atoms with Crippen molar-refractivity contribution in [3.05, 3.63) is 40.8 Å². The summed E-state index contributed by atoms with van der Waals surface area (Å²) < 4.78 is 7.34. The van der Waals surface area contributed by atoms with Crippen molar-refractivity contribution in [2.75, 3.05) is 12.4 Å². The highest BCUT2D eigenvalue weighted by Crippen LogP contribution is 2.19. The van der Waals surface area contributed by atoms with Crippen LogP contribution in [0, 0.1) is 0 Å². The van der Waals surface area contributed by atoms with Crippen LogP contribution in [0.25, 0.3) is 11.4 Å².